The van der Waals surface area contributed by atoms with Crippen molar-refractivity contribution >= 4 is 6.47 Å². The van der Waals surface area contributed by atoms with E-state index in [0.29, 0.717) is 30.0 Å². The van der Waals surface area contributed by atoms with E-state index in [1.807, 2.05) is 26.0 Å². The molecule has 4 rings (SSSR count). The van der Waals surface area contributed by atoms with Gasteiger partial charge in [0.25, 0.3) is 6.47 Å². The smallest absolute Gasteiger partial charge is 0.416 e. The monoisotopic (exact) mass is 475 g/mol. The van der Waals surface area contributed by atoms with E-state index in [9.17, 15) is 13.2 Å². The van der Waals surface area contributed by atoms with E-state index in [1.165, 1.54) is 19.2 Å². The number of carbonyl (C=O) groups excluding carboxylic acids is 1. The van der Waals surface area contributed by atoms with E-state index in [-0.39, 0.29) is 0 Å². The summed E-state index contributed by atoms with van der Waals surface area (Å²) in [7, 11) is 4.53. The molecule has 0 spiro atoms. The van der Waals surface area contributed by atoms with E-state index >= 15 is 0 Å². The standard InChI is InChI=1S/C24H24F3NO2.C2H4O2/c1-5-18-22(16-7-6-8-17(11-16)24(25,26)27)14(2)28-10-9-15-12-20(29-3)21(30-4)13-19(15)23(18)28;1-4-2-3/h6-8,11-13H,5,9-10H2,1-4H3;2H,1H3. The van der Waals surface area contributed by atoms with Crippen LogP contribution in [0.4, 0.5) is 13.2 Å². The molecule has 2 heterocycles. The average molecular weight is 476 g/mol. The van der Waals surface area contributed by atoms with Crippen LogP contribution in [0.1, 0.15) is 29.3 Å². The van der Waals surface area contributed by atoms with Gasteiger partial charge >= 0.3 is 6.18 Å². The van der Waals surface area contributed by atoms with E-state index in [0.717, 1.165) is 52.7 Å². The van der Waals surface area contributed by atoms with Crippen molar-refractivity contribution in [2.24, 2.45) is 0 Å². The van der Waals surface area contributed by atoms with Crippen LogP contribution in [-0.4, -0.2) is 32.4 Å². The Morgan fingerprint density at radius 3 is 2.26 bits per heavy atom. The normalized spacial score (nSPS) is 12.1. The zero-order valence-corrected chi connectivity index (χ0v) is 19.9. The summed E-state index contributed by atoms with van der Waals surface area (Å²) in [6.45, 7) is 5.18. The predicted octanol–water partition coefficient (Wildman–Crippen LogP) is 6.07. The number of aromatic nitrogens is 1. The summed E-state index contributed by atoms with van der Waals surface area (Å²) in [5, 5.41) is 0. The van der Waals surface area contributed by atoms with Crippen LogP contribution in [0.5, 0.6) is 11.5 Å². The van der Waals surface area contributed by atoms with Gasteiger partial charge in [0.1, 0.15) is 0 Å². The molecule has 3 aromatic rings. The van der Waals surface area contributed by atoms with Crippen molar-refractivity contribution in [2.75, 3.05) is 21.3 Å². The van der Waals surface area contributed by atoms with Crippen LogP contribution in [0.3, 0.4) is 0 Å². The quantitative estimate of drug-likeness (QED) is 0.420. The van der Waals surface area contributed by atoms with Gasteiger partial charge in [-0.3, -0.25) is 4.79 Å². The Balaban J connectivity index is 0.000000751. The Bertz CT molecular complexity index is 1180. The molecule has 0 amide bonds. The lowest BCUT2D eigenvalue weighted by atomic mass is 9.92. The first-order chi connectivity index (χ1) is 16.2. The molecule has 0 unspecified atom stereocenters. The van der Waals surface area contributed by atoms with E-state index in [1.54, 1.807) is 20.3 Å². The first-order valence-electron chi connectivity index (χ1n) is 10.8. The lowest BCUT2D eigenvalue weighted by molar-refractivity contribution is -0.137. The van der Waals surface area contributed by atoms with Crippen molar-refractivity contribution in [1.29, 1.82) is 0 Å². The third-order valence-corrected chi connectivity index (χ3v) is 6.02. The molecular weight excluding hydrogens is 447 g/mol. The van der Waals surface area contributed by atoms with Gasteiger partial charge in [-0.1, -0.05) is 19.1 Å². The molecule has 0 radical (unpaired) electrons. The fraction of sp³-hybridized carbons (Fsp3) is 0.346. The highest BCUT2D eigenvalue weighted by molar-refractivity contribution is 5.83. The minimum atomic E-state index is -4.37. The van der Waals surface area contributed by atoms with Crippen molar-refractivity contribution in [3.8, 4) is 33.9 Å². The van der Waals surface area contributed by atoms with Crippen molar-refractivity contribution in [3.05, 3.63) is 58.8 Å². The average Bonchev–Trinajstić information content (AvgIpc) is 3.14. The summed E-state index contributed by atoms with van der Waals surface area (Å²) in [6, 6.07) is 9.60. The van der Waals surface area contributed by atoms with Gasteiger partial charge < -0.3 is 18.8 Å². The first kappa shape index (κ1) is 25.2. The molecule has 8 heteroatoms. The number of rotatable bonds is 5. The van der Waals surface area contributed by atoms with Gasteiger partial charge in [-0.2, -0.15) is 13.2 Å². The lowest BCUT2D eigenvalue weighted by Crippen LogP contribution is -2.13. The van der Waals surface area contributed by atoms with Crippen LogP contribution < -0.4 is 9.47 Å². The minimum Gasteiger partial charge on any atom is -0.493 e. The fourth-order valence-electron chi connectivity index (χ4n) is 4.55. The molecule has 0 saturated carbocycles. The number of carbonyl (C=O) groups is 1. The highest BCUT2D eigenvalue weighted by atomic mass is 19.4. The van der Waals surface area contributed by atoms with Gasteiger partial charge in [0.15, 0.2) is 11.5 Å². The molecule has 2 aromatic carbocycles. The summed E-state index contributed by atoms with van der Waals surface area (Å²) in [5.74, 6) is 1.33. The molecule has 1 aliphatic heterocycles. The second kappa shape index (κ2) is 10.2. The van der Waals surface area contributed by atoms with E-state index < -0.39 is 11.7 Å². The maximum absolute atomic E-state index is 13.3. The molecule has 0 atom stereocenters. The summed E-state index contributed by atoms with van der Waals surface area (Å²) in [5.41, 5.74) is 6.17. The zero-order valence-electron chi connectivity index (χ0n) is 19.9. The second-order valence-electron chi connectivity index (χ2n) is 7.82. The Morgan fingerprint density at radius 2 is 1.71 bits per heavy atom. The van der Waals surface area contributed by atoms with Crippen LogP contribution in [-0.2, 0) is 35.1 Å². The molecule has 0 N–H and O–H groups in total. The van der Waals surface area contributed by atoms with E-state index in [2.05, 4.69) is 9.30 Å². The largest absolute Gasteiger partial charge is 0.493 e. The number of benzene rings is 2. The Hall–Kier alpha value is -3.42. The van der Waals surface area contributed by atoms with Crippen LogP contribution in [0.25, 0.3) is 22.4 Å². The number of alkyl halides is 3. The van der Waals surface area contributed by atoms with Crippen molar-refractivity contribution in [2.45, 2.75) is 39.4 Å². The van der Waals surface area contributed by atoms with Crippen LogP contribution in [0.15, 0.2) is 36.4 Å². The van der Waals surface area contributed by atoms with Gasteiger partial charge in [-0.05, 0) is 60.7 Å². The maximum Gasteiger partial charge on any atom is 0.416 e. The zero-order chi connectivity index (χ0) is 25.0. The number of halogens is 3. The van der Waals surface area contributed by atoms with Gasteiger partial charge in [0.05, 0.1) is 32.6 Å². The van der Waals surface area contributed by atoms with E-state index in [4.69, 9.17) is 14.3 Å². The van der Waals surface area contributed by atoms with Crippen molar-refractivity contribution in [3.63, 3.8) is 0 Å². The Morgan fingerprint density at radius 1 is 1.06 bits per heavy atom. The molecular formula is C26H28F3NO4. The summed E-state index contributed by atoms with van der Waals surface area (Å²) in [6.07, 6.45) is -2.84. The number of methoxy groups -OCH3 is 3. The Kier molecular flexibility index (Phi) is 7.59. The number of nitrogens with zero attached hydrogens (tertiary/aromatic N) is 1. The van der Waals surface area contributed by atoms with Crippen LogP contribution >= 0.6 is 0 Å². The SMILES string of the molecule is CCc1c(-c2cccc(C(F)(F)F)c2)c(C)n2c1-c1cc(OC)c(OC)cc1CC2.COC=O. The molecule has 34 heavy (non-hydrogen) atoms. The van der Waals surface area contributed by atoms with Crippen LogP contribution in [0.2, 0.25) is 0 Å². The Labute approximate surface area is 197 Å². The molecule has 0 saturated heterocycles. The van der Waals surface area contributed by atoms with Gasteiger partial charge in [0.2, 0.25) is 0 Å². The molecule has 5 nitrogen and oxygen atoms in total. The topological polar surface area (TPSA) is 49.7 Å². The first-order valence-corrected chi connectivity index (χ1v) is 10.8. The third-order valence-electron chi connectivity index (χ3n) is 6.02. The molecule has 0 aliphatic carbocycles. The highest BCUT2D eigenvalue weighted by Gasteiger charge is 2.32. The van der Waals surface area contributed by atoms with Gasteiger partial charge in [0, 0.05) is 23.4 Å². The van der Waals surface area contributed by atoms with Crippen molar-refractivity contribution in [1.82, 2.24) is 4.57 Å². The minimum absolute atomic E-state index is 0.375. The molecule has 1 aromatic heterocycles. The molecule has 0 bridgehead atoms. The number of hydrogen-bond donors (Lipinski definition) is 0. The molecule has 1 aliphatic rings. The molecule has 0 fully saturated rings. The highest BCUT2D eigenvalue weighted by Crippen LogP contribution is 2.45. The number of ether oxygens (including phenoxy) is 3. The van der Waals surface area contributed by atoms with Crippen LogP contribution in [0, 0.1) is 6.92 Å². The number of hydrogen-bond acceptors (Lipinski definition) is 4. The van der Waals surface area contributed by atoms with Gasteiger partial charge in [-0.25, -0.2) is 0 Å². The number of aryl methyl sites for hydroxylation is 1. The maximum atomic E-state index is 13.3. The summed E-state index contributed by atoms with van der Waals surface area (Å²) < 4.78 is 57.0. The van der Waals surface area contributed by atoms with Gasteiger partial charge in [-0.15, -0.1) is 0 Å². The molecule has 182 valence electrons. The predicted molar refractivity (Wildman–Crippen MR) is 124 cm³/mol. The summed E-state index contributed by atoms with van der Waals surface area (Å²) in [4.78, 5) is 8.95. The summed E-state index contributed by atoms with van der Waals surface area (Å²) >= 11 is 0. The second-order valence-corrected chi connectivity index (χ2v) is 7.82. The fourth-order valence-corrected chi connectivity index (χ4v) is 4.55. The van der Waals surface area contributed by atoms with Crippen molar-refractivity contribution < 1.29 is 32.2 Å². The lowest BCUT2D eigenvalue weighted by Gasteiger charge is -2.23. The number of fused-ring (bicyclic) bond motifs is 3. The third kappa shape index (κ3) is 4.62.